The number of nitrogens with two attached hydrogens (primary N) is 4. The second kappa shape index (κ2) is 6.19. The van der Waals surface area contributed by atoms with E-state index in [0.29, 0.717) is 0 Å². The SMILES string of the molecule is CCCC(N)(N)SSC(N)(N)CCC. The summed E-state index contributed by atoms with van der Waals surface area (Å²) < 4.78 is 0. The summed E-state index contributed by atoms with van der Waals surface area (Å²) in [5.74, 6) is 0. The first-order valence-electron chi connectivity index (χ1n) is 4.85. The van der Waals surface area contributed by atoms with Gasteiger partial charge in [0.25, 0.3) is 0 Å². The third kappa shape index (κ3) is 6.92. The first-order valence-corrected chi connectivity index (χ1v) is 7.00. The van der Waals surface area contributed by atoms with Gasteiger partial charge in [0, 0.05) is 0 Å². The Hall–Kier alpha value is 0.540. The standard InChI is InChI=1S/C8H22N4S2/c1-3-5-7(9,10)13-14-8(11,12)6-4-2/h3-6,9-12H2,1-2H3. The van der Waals surface area contributed by atoms with Crippen molar-refractivity contribution in [2.45, 2.75) is 49.5 Å². The quantitative estimate of drug-likeness (QED) is 0.391. The van der Waals surface area contributed by atoms with Crippen molar-refractivity contribution in [3.63, 3.8) is 0 Å². The molecular weight excluding hydrogens is 216 g/mol. The van der Waals surface area contributed by atoms with E-state index >= 15 is 0 Å². The van der Waals surface area contributed by atoms with Crippen molar-refractivity contribution in [3.8, 4) is 0 Å². The summed E-state index contributed by atoms with van der Waals surface area (Å²) in [6.45, 7) is 4.09. The lowest BCUT2D eigenvalue weighted by atomic mass is 10.3. The molecule has 14 heavy (non-hydrogen) atoms. The first kappa shape index (κ1) is 14.5. The van der Waals surface area contributed by atoms with Crippen molar-refractivity contribution in [2.24, 2.45) is 22.9 Å². The highest BCUT2D eigenvalue weighted by Crippen LogP contribution is 2.38. The van der Waals surface area contributed by atoms with Crippen molar-refractivity contribution in [1.29, 1.82) is 0 Å². The van der Waals surface area contributed by atoms with Crippen LogP contribution in [0.25, 0.3) is 0 Å². The highest BCUT2D eigenvalue weighted by Gasteiger charge is 2.26. The lowest BCUT2D eigenvalue weighted by Gasteiger charge is -2.28. The van der Waals surface area contributed by atoms with E-state index < -0.39 is 9.99 Å². The van der Waals surface area contributed by atoms with E-state index in [1.165, 1.54) is 21.6 Å². The predicted octanol–water partition coefficient (Wildman–Crippen LogP) is 1.11. The van der Waals surface area contributed by atoms with Crippen LogP contribution in [0.5, 0.6) is 0 Å². The van der Waals surface area contributed by atoms with Crippen molar-refractivity contribution in [3.05, 3.63) is 0 Å². The zero-order valence-electron chi connectivity index (χ0n) is 8.95. The molecule has 8 N–H and O–H groups in total. The average Bonchev–Trinajstić information content (AvgIpc) is 2.01. The first-order chi connectivity index (χ1) is 6.33. The van der Waals surface area contributed by atoms with Crippen molar-refractivity contribution >= 4 is 21.6 Å². The molecule has 0 unspecified atom stereocenters. The molecule has 0 aromatic carbocycles. The van der Waals surface area contributed by atoms with Gasteiger partial charge >= 0.3 is 0 Å². The minimum atomic E-state index is -0.725. The van der Waals surface area contributed by atoms with Gasteiger partial charge in [-0.1, -0.05) is 48.3 Å². The van der Waals surface area contributed by atoms with Crippen LogP contribution >= 0.6 is 21.6 Å². The van der Waals surface area contributed by atoms with Crippen LogP contribution in [0.3, 0.4) is 0 Å². The van der Waals surface area contributed by atoms with Gasteiger partial charge in [-0.15, -0.1) is 0 Å². The fourth-order valence-electron chi connectivity index (χ4n) is 1.02. The molecule has 0 aliphatic heterocycles. The molecule has 0 bridgehead atoms. The fourth-order valence-corrected chi connectivity index (χ4v) is 3.34. The average molecular weight is 238 g/mol. The summed E-state index contributed by atoms with van der Waals surface area (Å²) in [6.07, 6.45) is 3.42. The van der Waals surface area contributed by atoms with Gasteiger partial charge in [0.1, 0.15) is 9.99 Å². The summed E-state index contributed by atoms with van der Waals surface area (Å²) >= 11 is 0. The molecule has 0 atom stereocenters. The van der Waals surface area contributed by atoms with Crippen molar-refractivity contribution in [2.75, 3.05) is 0 Å². The minimum Gasteiger partial charge on any atom is -0.304 e. The molecule has 0 heterocycles. The van der Waals surface area contributed by atoms with Crippen LogP contribution in [0.2, 0.25) is 0 Å². The molecule has 0 fully saturated rings. The lowest BCUT2D eigenvalue weighted by molar-refractivity contribution is 0.570. The van der Waals surface area contributed by atoms with Crippen LogP contribution in [-0.4, -0.2) is 9.99 Å². The normalized spacial score (nSPS) is 13.3. The van der Waals surface area contributed by atoms with Crippen LogP contribution in [0.15, 0.2) is 0 Å². The third-order valence-electron chi connectivity index (χ3n) is 1.63. The number of hydrogen-bond acceptors (Lipinski definition) is 6. The molecule has 0 amide bonds. The number of hydrogen-bond donors (Lipinski definition) is 4. The van der Waals surface area contributed by atoms with Gasteiger partial charge in [0.05, 0.1) is 0 Å². The smallest absolute Gasteiger partial charge is 0.122 e. The van der Waals surface area contributed by atoms with Gasteiger partial charge in [-0.05, 0) is 12.8 Å². The highest BCUT2D eigenvalue weighted by molar-refractivity contribution is 8.77. The van der Waals surface area contributed by atoms with Crippen LogP contribution < -0.4 is 22.9 Å². The Morgan fingerprint density at radius 3 is 1.29 bits per heavy atom. The molecule has 6 heteroatoms. The molecule has 86 valence electrons. The van der Waals surface area contributed by atoms with E-state index in [1.54, 1.807) is 0 Å². The highest BCUT2D eigenvalue weighted by atomic mass is 33.1. The zero-order valence-corrected chi connectivity index (χ0v) is 10.6. The van der Waals surface area contributed by atoms with Gasteiger partial charge in [0.15, 0.2) is 0 Å². The van der Waals surface area contributed by atoms with E-state index in [1.807, 2.05) is 13.8 Å². The van der Waals surface area contributed by atoms with Crippen LogP contribution in [0.4, 0.5) is 0 Å². The van der Waals surface area contributed by atoms with Crippen molar-refractivity contribution < 1.29 is 0 Å². The zero-order chi connectivity index (χ0) is 11.2. The monoisotopic (exact) mass is 238 g/mol. The van der Waals surface area contributed by atoms with Gasteiger partial charge in [-0.25, -0.2) is 0 Å². The Kier molecular flexibility index (Phi) is 6.43. The molecule has 0 aliphatic rings. The van der Waals surface area contributed by atoms with E-state index in [0.717, 1.165) is 25.7 Å². The molecule has 0 aromatic rings. The van der Waals surface area contributed by atoms with Crippen molar-refractivity contribution in [1.82, 2.24) is 0 Å². The maximum Gasteiger partial charge on any atom is 0.122 e. The predicted molar refractivity (Wildman–Crippen MR) is 67.2 cm³/mol. The van der Waals surface area contributed by atoms with E-state index in [9.17, 15) is 0 Å². The molecule has 0 aliphatic carbocycles. The summed E-state index contributed by atoms with van der Waals surface area (Å²) in [6, 6.07) is 0. The summed E-state index contributed by atoms with van der Waals surface area (Å²) in [5, 5.41) is 0. The maximum atomic E-state index is 5.84. The second-order valence-corrected chi connectivity index (χ2v) is 6.43. The van der Waals surface area contributed by atoms with E-state index in [-0.39, 0.29) is 0 Å². The van der Waals surface area contributed by atoms with Gasteiger partial charge in [-0.2, -0.15) is 0 Å². The lowest BCUT2D eigenvalue weighted by Crippen LogP contribution is -2.49. The Balaban J connectivity index is 3.90. The Bertz CT molecular complexity index is 143. The molecular formula is C8H22N4S2. The second-order valence-electron chi connectivity index (χ2n) is 3.58. The summed E-state index contributed by atoms with van der Waals surface area (Å²) in [5.41, 5.74) is 23.4. The van der Waals surface area contributed by atoms with Gasteiger partial charge in [0.2, 0.25) is 0 Å². The van der Waals surface area contributed by atoms with Crippen LogP contribution in [-0.2, 0) is 0 Å². The Morgan fingerprint density at radius 2 is 1.07 bits per heavy atom. The largest absolute Gasteiger partial charge is 0.304 e. The minimum absolute atomic E-state index is 0.725. The van der Waals surface area contributed by atoms with Crippen LogP contribution in [0, 0.1) is 0 Å². The summed E-state index contributed by atoms with van der Waals surface area (Å²) in [4.78, 5) is -1.45. The van der Waals surface area contributed by atoms with Gasteiger partial charge < -0.3 is 22.9 Å². The third-order valence-corrected chi connectivity index (χ3v) is 4.86. The topological polar surface area (TPSA) is 104 Å². The summed E-state index contributed by atoms with van der Waals surface area (Å²) in [7, 11) is 2.74. The molecule has 0 aromatic heterocycles. The molecule has 0 spiro atoms. The van der Waals surface area contributed by atoms with E-state index in [4.69, 9.17) is 22.9 Å². The van der Waals surface area contributed by atoms with E-state index in [2.05, 4.69) is 0 Å². The molecule has 0 radical (unpaired) electrons. The molecule has 0 saturated heterocycles. The fraction of sp³-hybridized carbons (Fsp3) is 1.00. The van der Waals surface area contributed by atoms with Gasteiger partial charge in [-0.3, -0.25) is 0 Å². The molecule has 0 rings (SSSR count). The molecule has 4 nitrogen and oxygen atoms in total. The molecule has 0 saturated carbocycles. The maximum absolute atomic E-state index is 5.84. The number of rotatable bonds is 7. The Morgan fingerprint density at radius 1 is 0.786 bits per heavy atom. The van der Waals surface area contributed by atoms with Crippen LogP contribution in [0.1, 0.15) is 39.5 Å². The Labute approximate surface area is 94.3 Å².